The number of nitrogens with zero attached hydrogens (tertiary/aromatic N) is 1. The van der Waals surface area contributed by atoms with E-state index < -0.39 is 0 Å². The highest BCUT2D eigenvalue weighted by atomic mass is 32.1. The molecule has 0 saturated heterocycles. The number of hydrogen-bond acceptors (Lipinski definition) is 5. The summed E-state index contributed by atoms with van der Waals surface area (Å²) in [5.41, 5.74) is 1.61. The number of rotatable bonds is 5. The summed E-state index contributed by atoms with van der Waals surface area (Å²) in [5, 5.41) is 12.3. The zero-order chi connectivity index (χ0) is 12.1. The second kappa shape index (κ2) is 5.56. The van der Waals surface area contributed by atoms with Gasteiger partial charge in [0.1, 0.15) is 0 Å². The Balaban J connectivity index is 2.33. The molecule has 4 nitrogen and oxygen atoms in total. The Labute approximate surface area is 103 Å². The highest BCUT2D eigenvalue weighted by Gasteiger charge is 2.11. The normalized spacial score (nSPS) is 10.2. The van der Waals surface area contributed by atoms with Gasteiger partial charge in [0.25, 0.3) is 0 Å². The van der Waals surface area contributed by atoms with Crippen LogP contribution in [-0.2, 0) is 0 Å². The quantitative estimate of drug-likeness (QED) is 0.795. The molecule has 88 valence electrons. The Hall–Kier alpha value is -1.72. The standard InChI is InChI=1S/C12H12N2O2S/c15-7-6-13-12-14-11(10(8-16)17-12)9-4-2-1-3-5-9/h1-5,8,15H,6-7H2,(H,13,14). The van der Waals surface area contributed by atoms with E-state index >= 15 is 0 Å². The smallest absolute Gasteiger partial charge is 0.184 e. The molecule has 1 aromatic carbocycles. The van der Waals surface area contributed by atoms with Gasteiger partial charge in [0, 0.05) is 12.1 Å². The molecule has 0 atom stereocenters. The molecule has 0 radical (unpaired) electrons. The Morgan fingerprint density at radius 2 is 2.12 bits per heavy atom. The Bertz CT molecular complexity index is 496. The van der Waals surface area contributed by atoms with Crippen LogP contribution in [0.25, 0.3) is 11.3 Å². The molecule has 0 aliphatic carbocycles. The summed E-state index contributed by atoms with van der Waals surface area (Å²) in [6, 6.07) is 9.56. The van der Waals surface area contributed by atoms with E-state index in [0.29, 0.717) is 22.2 Å². The third-order valence-electron chi connectivity index (χ3n) is 2.20. The fourth-order valence-corrected chi connectivity index (χ4v) is 2.28. The van der Waals surface area contributed by atoms with Gasteiger partial charge in [0.15, 0.2) is 11.4 Å². The third-order valence-corrected chi connectivity index (χ3v) is 3.13. The second-order valence-electron chi connectivity index (χ2n) is 3.37. The number of aromatic nitrogens is 1. The zero-order valence-electron chi connectivity index (χ0n) is 9.09. The average molecular weight is 248 g/mol. The van der Waals surface area contributed by atoms with Gasteiger partial charge in [-0.3, -0.25) is 4.79 Å². The lowest BCUT2D eigenvalue weighted by molar-refractivity contribution is 0.112. The molecule has 0 unspecified atom stereocenters. The summed E-state index contributed by atoms with van der Waals surface area (Å²) in [6.45, 7) is 0.469. The van der Waals surface area contributed by atoms with Crippen LogP contribution in [0.2, 0.25) is 0 Å². The van der Waals surface area contributed by atoms with Crippen molar-refractivity contribution in [2.45, 2.75) is 0 Å². The molecule has 0 amide bonds. The van der Waals surface area contributed by atoms with Crippen molar-refractivity contribution in [1.29, 1.82) is 0 Å². The molecule has 2 N–H and O–H groups in total. The molecule has 1 aromatic heterocycles. The van der Waals surface area contributed by atoms with Crippen molar-refractivity contribution < 1.29 is 9.90 Å². The number of nitrogens with one attached hydrogen (secondary N) is 1. The van der Waals surface area contributed by atoms with Crippen molar-refractivity contribution in [3.63, 3.8) is 0 Å². The van der Waals surface area contributed by atoms with Gasteiger partial charge in [0.2, 0.25) is 0 Å². The topological polar surface area (TPSA) is 62.2 Å². The van der Waals surface area contributed by atoms with Gasteiger partial charge >= 0.3 is 0 Å². The average Bonchev–Trinajstić information content (AvgIpc) is 2.80. The predicted octanol–water partition coefficient (Wildman–Crippen LogP) is 2.03. The van der Waals surface area contributed by atoms with E-state index in [1.165, 1.54) is 11.3 Å². The van der Waals surface area contributed by atoms with Crippen LogP contribution in [0.1, 0.15) is 9.67 Å². The molecule has 5 heteroatoms. The van der Waals surface area contributed by atoms with Crippen LogP contribution >= 0.6 is 11.3 Å². The van der Waals surface area contributed by atoms with Gasteiger partial charge in [-0.2, -0.15) is 0 Å². The minimum atomic E-state index is 0.0384. The molecule has 1 heterocycles. The van der Waals surface area contributed by atoms with Crippen LogP contribution in [0.5, 0.6) is 0 Å². The summed E-state index contributed by atoms with van der Waals surface area (Å²) in [6.07, 6.45) is 0.810. The first-order valence-electron chi connectivity index (χ1n) is 5.21. The van der Waals surface area contributed by atoms with E-state index in [0.717, 1.165) is 11.8 Å². The van der Waals surface area contributed by atoms with Crippen LogP contribution in [0.4, 0.5) is 5.13 Å². The summed E-state index contributed by atoms with van der Waals surface area (Å²) in [4.78, 5) is 15.9. The first-order chi connectivity index (χ1) is 8.35. The Morgan fingerprint density at radius 3 is 2.76 bits per heavy atom. The Morgan fingerprint density at radius 1 is 1.35 bits per heavy atom. The molecular weight excluding hydrogens is 236 g/mol. The van der Waals surface area contributed by atoms with Crippen molar-refractivity contribution in [3.05, 3.63) is 35.2 Å². The van der Waals surface area contributed by atoms with E-state index in [9.17, 15) is 4.79 Å². The maximum atomic E-state index is 11.0. The van der Waals surface area contributed by atoms with Gasteiger partial charge in [-0.25, -0.2) is 4.98 Å². The molecule has 0 aliphatic rings. The molecule has 2 aromatic rings. The van der Waals surface area contributed by atoms with E-state index in [2.05, 4.69) is 10.3 Å². The molecule has 0 fully saturated rings. The number of aldehydes is 1. The summed E-state index contributed by atoms with van der Waals surface area (Å²) >= 11 is 1.29. The lowest BCUT2D eigenvalue weighted by Gasteiger charge is -1.97. The van der Waals surface area contributed by atoms with Crippen molar-refractivity contribution >= 4 is 22.8 Å². The SMILES string of the molecule is O=Cc1sc(NCCO)nc1-c1ccccc1. The van der Waals surface area contributed by atoms with Crippen molar-refractivity contribution in [2.75, 3.05) is 18.5 Å². The van der Waals surface area contributed by atoms with Gasteiger partial charge in [-0.05, 0) is 0 Å². The molecule has 0 spiro atoms. The number of anilines is 1. The van der Waals surface area contributed by atoms with E-state index in [-0.39, 0.29) is 6.61 Å². The summed E-state index contributed by atoms with van der Waals surface area (Å²) in [5.74, 6) is 0. The van der Waals surface area contributed by atoms with Crippen molar-refractivity contribution in [1.82, 2.24) is 4.98 Å². The minimum Gasteiger partial charge on any atom is -0.395 e. The predicted molar refractivity (Wildman–Crippen MR) is 68.5 cm³/mol. The number of carbonyl (C=O) groups excluding carboxylic acids is 1. The monoisotopic (exact) mass is 248 g/mol. The van der Waals surface area contributed by atoms with E-state index in [1.54, 1.807) is 0 Å². The van der Waals surface area contributed by atoms with Crippen molar-refractivity contribution in [3.8, 4) is 11.3 Å². The first-order valence-corrected chi connectivity index (χ1v) is 6.03. The third kappa shape index (κ3) is 2.69. The van der Waals surface area contributed by atoms with Gasteiger partial charge in [-0.1, -0.05) is 41.7 Å². The molecule has 0 saturated carbocycles. The van der Waals surface area contributed by atoms with E-state index in [4.69, 9.17) is 5.11 Å². The molecule has 17 heavy (non-hydrogen) atoms. The highest BCUT2D eigenvalue weighted by molar-refractivity contribution is 7.17. The molecule has 0 aliphatic heterocycles. The zero-order valence-corrected chi connectivity index (χ0v) is 9.91. The van der Waals surface area contributed by atoms with Crippen LogP contribution in [0, 0.1) is 0 Å². The van der Waals surface area contributed by atoms with Crippen molar-refractivity contribution in [2.24, 2.45) is 0 Å². The fraction of sp³-hybridized carbons (Fsp3) is 0.167. The fourth-order valence-electron chi connectivity index (χ4n) is 1.45. The number of thiazole rings is 1. The highest BCUT2D eigenvalue weighted by Crippen LogP contribution is 2.29. The van der Waals surface area contributed by atoms with Crippen LogP contribution in [0.15, 0.2) is 30.3 Å². The Kier molecular flexibility index (Phi) is 3.85. The van der Waals surface area contributed by atoms with Gasteiger partial charge in [0.05, 0.1) is 17.2 Å². The van der Waals surface area contributed by atoms with E-state index in [1.807, 2.05) is 30.3 Å². The van der Waals surface area contributed by atoms with Gasteiger partial charge in [-0.15, -0.1) is 0 Å². The lowest BCUT2D eigenvalue weighted by atomic mass is 10.1. The number of carbonyl (C=O) groups is 1. The maximum Gasteiger partial charge on any atom is 0.184 e. The van der Waals surface area contributed by atoms with Crippen LogP contribution in [0.3, 0.4) is 0 Å². The minimum absolute atomic E-state index is 0.0384. The van der Waals surface area contributed by atoms with Gasteiger partial charge < -0.3 is 10.4 Å². The number of benzene rings is 1. The molecule has 0 bridgehead atoms. The second-order valence-corrected chi connectivity index (χ2v) is 4.40. The lowest BCUT2D eigenvalue weighted by Crippen LogP contribution is -2.04. The summed E-state index contributed by atoms with van der Waals surface area (Å²) < 4.78 is 0. The van der Waals surface area contributed by atoms with Crippen LogP contribution < -0.4 is 5.32 Å². The molecule has 2 rings (SSSR count). The number of aliphatic hydroxyl groups is 1. The summed E-state index contributed by atoms with van der Waals surface area (Å²) in [7, 11) is 0. The van der Waals surface area contributed by atoms with Crippen LogP contribution in [-0.4, -0.2) is 29.5 Å². The molecular formula is C12H12N2O2S. The largest absolute Gasteiger partial charge is 0.395 e. The number of aliphatic hydroxyl groups excluding tert-OH is 1. The maximum absolute atomic E-state index is 11.0. The first kappa shape index (κ1) is 11.8. The number of hydrogen-bond donors (Lipinski definition) is 2.